The summed E-state index contributed by atoms with van der Waals surface area (Å²) in [4.78, 5) is 24.1. The molecule has 0 unspecified atom stereocenters. The molecule has 0 atom stereocenters. The average Bonchev–Trinajstić information content (AvgIpc) is 3.18. The number of anilines is 1. The van der Waals surface area contributed by atoms with Crippen LogP contribution in [0.5, 0.6) is 0 Å². The molecular weight excluding hydrogens is 539 g/mol. The second-order valence-corrected chi connectivity index (χ2v) is 3.73. The quantitative estimate of drug-likeness (QED) is 0.130. The fourth-order valence-corrected chi connectivity index (χ4v) is 1.43. The van der Waals surface area contributed by atoms with Gasteiger partial charge in [0.05, 0.1) is 23.5 Å². The number of aromatic amines is 1. The number of nitrogen functional groups attached to an aromatic ring is 1. The van der Waals surface area contributed by atoms with Crippen LogP contribution in [0, 0.1) is 22.1 Å². The van der Waals surface area contributed by atoms with Crippen molar-refractivity contribution in [3.8, 4) is 0 Å². The molecule has 2 aromatic rings. The van der Waals surface area contributed by atoms with E-state index in [1.54, 1.807) is 6.21 Å². The molecule has 1 aliphatic heterocycles. The molecule has 2 aromatic heterocycles. The Balaban J connectivity index is 0. The number of nitrogens with two attached hydrogens (primary N) is 2. The van der Waals surface area contributed by atoms with Gasteiger partial charge in [0, 0.05) is 51.4 Å². The van der Waals surface area contributed by atoms with Crippen LogP contribution in [0.25, 0.3) is 4.85 Å². The molecule has 0 aliphatic carbocycles. The minimum atomic E-state index is -0.656. The molecule has 0 spiro atoms. The van der Waals surface area contributed by atoms with Crippen molar-refractivity contribution >= 4 is 29.9 Å². The summed E-state index contributed by atoms with van der Waals surface area (Å²) < 4.78 is 0. The molecule has 0 saturated heterocycles. The first-order valence-corrected chi connectivity index (χ1v) is 5.90. The Hall–Kier alpha value is -2.61. The van der Waals surface area contributed by atoms with E-state index in [0.29, 0.717) is 12.4 Å². The number of aliphatic imine (C=N–C) groups is 1. The van der Waals surface area contributed by atoms with Crippen molar-refractivity contribution in [2.45, 2.75) is 6.54 Å². The maximum absolute atomic E-state index is 10.0. The van der Waals surface area contributed by atoms with Crippen molar-refractivity contribution < 1.29 is 44.5 Å². The van der Waals surface area contributed by atoms with E-state index in [1.165, 1.54) is 6.33 Å². The number of aromatic nitrogens is 4. The van der Waals surface area contributed by atoms with Gasteiger partial charge >= 0.3 is 11.5 Å². The van der Waals surface area contributed by atoms with Gasteiger partial charge in [-0.3, -0.25) is 20.5 Å². The van der Waals surface area contributed by atoms with Gasteiger partial charge in [0.2, 0.25) is 0 Å². The molecule has 129 valence electrons. The monoisotopic (exact) mass is 551 g/mol. The summed E-state index contributed by atoms with van der Waals surface area (Å²) in [6.07, 6.45) is 4.92. The van der Waals surface area contributed by atoms with Crippen LogP contribution >= 0.6 is 0 Å². The molecule has 0 saturated carbocycles. The third-order valence-corrected chi connectivity index (χ3v) is 2.38. The molecule has 1 aliphatic rings. The standard InChI is InChI=1S/C6H6N4.C4H2N4O2.CH4N2.V.W/c7-6-4-1-8-2-5(4)9-3-10-6;1-5-4-3(8(9)10)2-6-7-4;2-1-3;;/h2-3H,1H2,(H2,7,9,10);2H,(H,6,7);1H,(H3,2,3);;. The van der Waals surface area contributed by atoms with Crippen LogP contribution < -0.4 is 11.5 Å². The van der Waals surface area contributed by atoms with Gasteiger partial charge in [0.1, 0.15) is 18.3 Å². The topological polar surface area (TPSA) is 190 Å². The molecule has 0 fully saturated rings. The minimum absolute atomic E-state index is 0. The third-order valence-electron chi connectivity index (χ3n) is 2.38. The van der Waals surface area contributed by atoms with Gasteiger partial charge in [-0.25, -0.2) is 15.1 Å². The van der Waals surface area contributed by atoms with Crippen molar-refractivity contribution in [2.75, 3.05) is 5.73 Å². The van der Waals surface area contributed by atoms with Crippen molar-refractivity contribution in [2.24, 2.45) is 10.7 Å². The Morgan fingerprint density at radius 3 is 2.60 bits per heavy atom. The molecule has 25 heavy (non-hydrogen) atoms. The molecule has 0 bridgehead atoms. The number of fused-ring (bicyclic) bond motifs is 1. The van der Waals surface area contributed by atoms with Crippen LogP contribution in [-0.4, -0.2) is 37.6 Å². The number of hydrogen-bond donors (Lipinski definition) is 4. The average molecular weight is 551 g/mol. The summed E-state index contributed by atoms with van der Waals surface area (Å²) in [7, 11) is 0. The molecule has 3 rings (SSSR count). The predicted octanol–water partition coefficient (Wildman–Crippen LogP) is 0.407. The summed E-state index contributed by atoms with van der Waals surface area (Å²) in [6, 6.07) is 0. The van der Waals surface area contributed by atoms with Crippen LogP contribution in [0.2, 0.25) is 0 Å². The summed E-state index contributed by atoms with van der Waals surface area (Å²) in [5.74, 6) is 0.410. The van der Waals surface area contributed by atoms with Crippen molar-refractivity contribution in [3.63, 3.8) is 0 Å². The zero-order valence-corrected chi connectivity index (χ0v) is 16.9. The van der Waals surface area contributed by atoms with E-state index in [9.17, 15) is 10.1 Å². The molecule has 12 nitrogen and oxygen atoms in total. The molecule has 0 amide bonds. The van der Waals surface area contributed by atoms with Gasteiger partial charge in [-0.1, -0.05) is 6.57 Å². The second-order valence-electron chi connectivity index (χ2n) is 3.73. The Morgan fingerprint density at radius 1 is 1.48 bits per heavy atom. The zero-order valence-electron chi connectivity index (χ0n) is 12.5. The fourth-order valence-electron chi connectivity index (χ4n) is 1.43. The van der Waals surface area contributed by atoms with Crippen LogP contribution in [0.15, 0.2) is 17.5 Å². The summed E-state index contributed by atoms with van der Waals surface area (Å²) in [5, 5.41) is 21.4. The fraction of sp³-hybridized carbons (Fsp3) is 0.0909. The smallest absolute Gasteiger partial charge is 0.328 e. The van der Waals surface area contributed by atoms with Crippen LogP contribution in [0.3, 0.4) is 0 Å². The van der Waals surface area contributed by atoms with E-state index in [2.05, 4.69) is 35.7 Å². The Morgan fingerprint density at radius 2 is 2.12 bits per heavy atom. The third kappa shape index (κ3) is 7.22. The first-order chi connectivity index (χ1) is 11.0. The van der Waals surface area contributed by atoms with E-state index in [4.69, 9.17) is 17.7 Å². The maximum Gasteiger partial charge on any atom is 0.328 e. The minimum Gasteiger partial charge on any atom is -0.390 e. The van der Waals surface area contributed by atoms with Crippen molar-refractivity contribution in [1.82, 2.24) is 20.2 Å². The number of rotatable bonds is 1. The summed E-state index contributed by atoms with van der Waals surface area (Å²) in [6.45, 7) is 7.07. The number of nitro groups is 1. The number of nitrogens with zero attached hydrogens (tertiary/aromatic N) is 6. The van der Waals surface area contributed by atoms with Crippen LogP contribution in [-0.2, 0) is 46.2 Å². The van der Waals surface area contributed by atoms with E-state index >= 15 is 0 Å². The predicted molar refractivity (Wildman–Crippen MR) is 82.2 cm³/mol. The van der Waals surface area contributed by atoms with Gasteiger partial charge < -0.3 is 16.3 Å². The first kappa shape index (κ1) is 24.6. The van der Waals surface area contributed by atoms with Crippen molar-refractivity contribution in [1.29, 1.82) is 5.41 Å². The van der Waals surface area contributed by atoms with Gasteiger partial charge in [-0.05, 0) is 0 Å². The number of H-pyrrole nitrogens is 1. The number of hydrogen-bond acceptors (Lipinski definition) is 8. The van der Waals surface area contributed by atoms with Crippen LogP contribution in [0.1, 0.15) is 11.3 Å². The van der Waals surface area contributed by atoms with Gasteiger partial charge in [0.15, 0.2) is 0 Å². The summed E-state index contributed by atoms with van der Waals surface area (Å²) in [5.41, 5.74) is 11.4. The molecular formula is C11H12N10O2VW. The van der Waals surface area contributed by atoms with E-state index in [-0.39, 0.29) is 51.1 Å². The Bertz CT molecular complexity index is 772. The molecule has 0 aromatic carbocycles. The van der Waals surface area contributed by atoms with Gasteiger partial charge in [0.25, 0.3) is 0 Å². The first-order valence-electron chi connectivity index (χ1n) is 5.90. The summed E-state index contributed by atoms with van der Waals surface area (Å²) >= 11 is 0. The van der Waals surface area contributed by atoms with Crippen LogP contribution in [0.4, 0.5) is 17.3 Å². The molecule has 1 radical (unpaired) electrons. The van der Waals surface area contributed by atoms with E-state index in [0.717, 1.165) is 23.8 Å². The Kier molecular flexibility index (Phi) is 12.6. The molecule has 3 heterocycles. The zero-order chi connectivity index (χ0) is 17.2. The Labute approximate surface area is 168 Å². The second kappa shape index (κ2) is 12.8. The number of nitrogens with one attached hydrogen (secondary N) is 2. The maximum atomic E-state index is 10.0. The van der Waals surface area contributed by atoms with E-state index in [1.807, 2.05) is 0 Å². The van der Waals surface area contributed by atoms with E-state index < -0.39 is 4.92 Å². The molecule has 14 heteroatoms. The van der Waals surface area contributed by atoms with Crippen molar-refractivity contribution in [3.05, 3.63) is 45.3 Å². The van der Waals surface area contributed by atoms with Gasteiger partial charge in [-0.15, -0.1) is 5.10 Å². The SMILES string of the molecule is N=CN.Nc1ncnc2c1CN=C2.[C-]#[N+]c1[nH]ncc1[N+](=O)[O-].[V].[W]. The largest absolute Gasteiger partial charge is 0.390 e. The normalized spacial score (nSPS) is 9.40. The van der Waals surface area contributed by atoms with Gasteiger partial charge in [-0.2, -0.15) is 0 Å². The molecule has 6 N–H and O–H groups in total.